The van der Waals surface area contributed by atoms with Crippen LogP contribution >= 0.6 is 0 Å². The first kappa shape index (κ1) is 15.3. The SMILES string of the molecule is N#CCCN(Cc1ccco1)C(=O)c1cccc([N+](=O)[O-])c1. The van der Waals surface area contributed by atoms with Crippen molar-refractivity contribution in [3.05, 3.63) is 64.1 Å². The van der Waals surface area contributed by atoms with Crippen molar-refractivity contribution in [3.8, 4) is 6.07 Å². The highest BCUT2D eigenvalue weighted by Crippen LogP contribution is 2.16. The van der Waals surface area contributed by atoms with E-state index < -0.39 is 4.92 Å². The number of amides is 1. The molecule has 0 unspecified atom stereocenters. The van der Waals surface area contributed by atoms with E-state index in [4.69, 9.17) is 9.68 Å². The van der Waals surface area contributed by atoms with Crippen molar-refractivity contribution < 1.29 is 14.1 Å². The second-order valence-corrected chi connectivity index (χ2v) is 4.52. The van der Waals surface area contributed by atoms with Gasteiger partial charge in [0.25, 0.3) is 11.6 Å². The van der Waals surface area contributed by atoms with Crippen LogP contribution in [0.4, 0.5) is 5.69 Å². The molecule has 0 N–H and O–H groups in total. The number of carbonyl (C=O) groups is 1. The average Bonchev–Trinajstić information content (AvgIpc) is 3.04. The average molecular weight is 299 g/mol. The number of hydrogen-bond acceptors (Lipinski definition) is 5. The van der Waals surface area contributed by atoms with Crippen LogP contribution in [0.15, 0.2) is 47.1 Å². The van der Waals surface area contributed by atoms with E-state index in [1.54, 1.807) is 12.1 Å². The van der Waals surface area contributed by atoms with Gasteiger partial charge in [-0.3, -0.25) is 14.9 Å². The van der Waals surface area contributed by atoms with E-state index in [1.165, 1.54) is 35.4 Å². The lowest BCUT2D eigenvalue weighted by Gasteiger charge is -2.20. The fourth-order valence-electron chi connectivity index (χ4n) is 1.96. The molecule has 0 saturated carbocycles. The second kappa shape index (κ2) is 7.04. The van der Waals surface area contributed by atoms with Crippen LogP contribution < -0.4 is 0 Å². The van der Waals surface area contributed by atoms with Crippen LogP contribution in [-0.4, -0.2) is 22.3 Å². The number of carbonyl (C=O) groups excluding carboxylic acids is 1. The molecule has 0 aliphatic carbocycles. The summed E-state index contributed by atoms with van der Waals surface area (Å²) in [5.74, 6) is 0.201. The number of benzene rings is 1. The molecule has 2 rings (SSSR count). The predicted molar refractivity (Wildman–Crippen MR) is 76.8 cm³/mol. The third kappa shape index (κ3) is 3.70. The molecule has 0 atom stereocenters. The Labute approximate surface area is 126 Å². The lowest BCUT2D eigenvalue weighted by molar-refractivity contribution is -0.384. The predicted octanol–water partition coefficient (Wildman–Crippen LogP) is 2.74. The minimum Gasteiger partial charge on any atom is -0.467 e. The summed E-state index contributed by atoms with van der Waals surface area (Å²) in [6.45, 7) is 0.426. The van der Waals surface area contributed by atoms with Crippen LogP contribution in [0.25, 0.3) is 0 Å². The van der Waals surface area contributed by atoms with Crippen LogP contribution in [0.1, 0.15) is 22.5 Å². The fourth-order valence-corrected chi connectivity index (χ4v) is 1.96. The first-order valence-electron chi connectivity index (χ1n) is 6.55. The maximum absolute atomic E-state index is 12.5. The Morgan fingerprint density at radius 1 is 1.36 bits per heavy atom. The number of hydrogen-bond donors (Lipinski definition) is 0. The molecule has 1 heterocycles. The van der Waals surface area contributed by atoms with Crippen LogP contribution in [0.3, 0.4) is 0 Å². The van der Waals surface area contributed by atoms with Gasteiger partial charge in [0.05, 0.1) is 30.2 Å². The largest absolute Gasteiger partial charge is 0.467 e. The molecule has 0 saturated heterocycles. The zero-order valence-electron chi connectivity index (χ0n) is 11.6. The third-order valence-electron chi connectivity index (χ3n) is 3.01. The van der Waals surface area contributed by atoms with Gasteiger partial charge in [0.2, 0.25) is 0 Å². The highest BCUT2D eigenvalue weighted by molar-refractivity contribution is 5.94. The number of nitro groups is 1. The molecule has 0 spiro atoms. The monoisotopic (exact) mass is 299 g/mol. The molecule has 1 aromatic heterocycles. The summed E-state index contributed by atoms with van der Waals surface area (Å²) in [5.41, 5.74) is 0.0581. The maximum Gasteiger partial charge on any atom is 0.270 e. The van der Waals surface area contributed by atoms with Gasteiger partial charge in [-0.05, 0) is 18.2 Å². The first-order chi connectivity index (χ1) is 10.6. The zero-order valence-corrected chi connectivity index (χ0v) is 11.6. The van der Waals surface area contributed by atoms with Gasteiger partial charge in [0.1, 0.15) is 5.76 Å². The number of non-ortho nitro benzene ring substituents is 1. The maximum atomic E-state index is 12.5. The number of nitro benzene ring substituents is 1. The molecule has 1 amide bonds. The smallest absolute Gasteiger partial charge is 0.270 e. The van der Waals surface area contributed by atoms with E-state index in [2.05, 4.69) is 0 Å². The molecule has 2 aromatic rings. The van der Waals surface area contributed by atoms with Crippen LogP contribution in [-0.2, 0) is 6.54 Å². The normalized spacial score (nSPS) is 9.95. The van der Waals surface area contributed by atoms with E-state index in [-0.39, 0.29) is 36.7 Å². The molecule has 22 heavy (non-hydrogen) atoms. The zero-order chi connectivity index (χ0) is 15.9. The van der Waals surface area contributed by atoms with Crippen molar-refractivity contribution in [3.63, 3.8) is 0 Å². The Morgan fingerprint density at radius 3 is 2.82 bits per heavy atom. The highest BCUT2D eigenvalue weighted by atomic mass is 16.6. The van der Waals surface area contributed by atoms with Crippen molar-refractivity contribution in [1.82, 2.24) is 4.90 Å². The molecular formula is C15H13N3O4. The molecular weight excluding hydrogens is 286 g/mol. The Kier molecular flexibility index (Phi) is 4.88. The van der Waals surface area contributed by atoms with Crippen molar-refractivity contribution in [2.75, 3.05) is 6.54 Å². The van der Waals surface area contributed by atoms with E-state index in [1.807, 2.05) is 6.07 Å². The molecule has 0 bridgehead atoms. The Bertz CT molecular complexity index is 704. The van der Waals surface area contributed by atoms with Gasteiger partial charge in [-0.1, -0.05) is 6.07 Å². The quantitative estimate of drug-likeness (QED) is 0.603. The number of rotatable bonds is 6. The summed E-state index contributed by atoms with van der Waals surface area (Å²) >= 11 is 0. The van der Waals surface area contributed by atoms with Crippen molar-refractivity contribution >= 4 is 11.6 Å². The molecule has 112 valence electrons. The van der Waals surface area contributed by atoms with Gasteiger partial charge in [0.15, 0.2) is 0 Å². The molecule has 0 fully saturated rings. The van der Waals surface area contributed by atoms with Crippen molar-refractivity contribution in [1.29, 1.82) is 5.26 Å². The number of nitriles is 1. The van der Waals surface area contributed by atoms with E-state index in [0.29, 0.717) is 5.76 Å². The van der Waals surface area contributed by atoms with Gasteiger partial charge >= 0.3 is 0 Å². The second-order valence-electron chi connectivity index (χ2n) is 4.52. The van der Waals surface area contributed by atoms with Crippen molar-refractivity contribution in [2.24, 2.45) is 0 Å². The third-order valence-corrected chi connectivity index (χ3v) is 3.01. The van der Waals surface area contributed by atoms with E-state index >= 15 is 0 Å². The summed E-state index contributed by atoms with van der Waals surface area (Å²) < 4.78 is 5.21. The molecule has 7 heteroatoms. The molecule has 0 aliphatic heterocycles. The van der Waals surface area contributed by atoms with E-state index in [0.717, 1.165) is 0 Å². The first-order valence-corrected chi connectivity index (χ1v) is 6.55. The summed E-state index contributed by atoms with van der Waals surface area (Å²) in [6, 6.07) is 10.9. The lowest BCUT2D eigenvalue weighted by atomic mass is 10.1. The van der Waals surface area contributed by atoms with Gasteiger partial charge in [-0.15, -0.1) is 0 Å². The van der Waals surface area contributed by atoms with Gasteiger partial charge in [0, 0.05) is 24.2 Å². The van der Waals surface area contributed by atoms with Crippen LogP contribution in [0.5, 0.6) is 0 Å². The molecule has 0 radical (unpaired) electrons. The van der Waals surface area contributed by atoms with Gasteiger partial charge < -0.3 is 9.32 Å². The molecule has 1 aromatic carbocycles. The Morgan fingerprint density at radius 2 is 2.18 bits per heavy atom. The van der Waals surface area contributed by atoms with Gasteiger partial charge in [-0.2, -0.15) is 5.26 Å². The molecule has 0 aliphatic rings. The Balaban J connectivity index is 2.22. The van der Waals surface area contributed by atoms with Crippen molar-refractivity contribution in [2.45, 2.75) is 13.0 Å². The van der Waals surface area contributed by atoms with Gasteiger partial charge in [-0.25, -0.2) is 0 Å². The topological polar surface area (TPSA) is 100 Å². The number of furan rings is 1. The summed E-state index contributed by atoms with van der Waals surface area (Å²) in [6.07, 6.45) is 1.66. The summed E-state index contributed by atoms with van der Waals surface area (Å²) in [4.78, 5) is 24.2. The van der Waals surface area contributed by atoms with Crippen LogP contribution in [0, 0.1) is 21.4 Å². The van der Waals surface area contributed by atoms with Crippen LogP contribution in [0.2, 0.25) is 0 Å². The Hall–Kier alpha value is -3.14. The standard InChI is InChI=1S/C15H13N3O4/c16-7-3-8-17(11-14-6-2-9-22-14)15(19)12-4-1-5-13(10-12)18(20)21/h1-2,4-6,9-10H,3,8,11H2. The summed E-state index contributed by atoms with van der Waals surface area (Å²) in [5, 5.41) is 19.5. The minimum absolute atomic E-state index is 0.149. The lowest BCUT2D eigenvalue weighted by Crippen LogP contribution is -2.31. The summed E-state index contributed by atoms with van der Waals surface area (Å²) in [7, 11) is 0. The van der Waals surface area contributed by atoms with E-state index in [9.17, 15) is 14.9 Å². The minimum atomic E-state index is -0.553. The fraction of sp³-hybridized carbons (Fsp3) is 0.200. The molecule has 7 nitrogen and oxygen atoms in total. The highest BCUT2D eigenvalue weighted by Gasteiger charge is 2.19. The number of nitrogens with zero attached hydrogens (tertiary/aromatic N) is 3.